The summed E-state index contributed by atoms with van der Waals surface area (Å²) in [6.45, 7) is 4.57. The Hall–Kier alpha value is -4.71. The van der Waals surface area contributed by atoms with Crippen molar-refractivity contribution in [2.75, 3.05) is 11.3 Å². The molecule has 3 fully saturated rings. The van der Waals surface area contributed by atoms with Crippen LogP contribution in [0.1, 0.15) is 89.2 Å². The SMILES string of the molecule is CCC1([S+]([O-])Nc2nn(CC(F)F)c3c(-c4ccc(C#CC(C)(C)S(=O)C5CC5)nc4C(Cc4cc(F)cc(F)c4)NC(=O)CN=C4C(=C(N)C(F)F)[C@@H](C)CC4(F)F)ccc(Cl)c23)CC1. The first-order valence-corrected chi connectivity index (χ1v) is 23.8. The summed E-state index contributed by atoms with van der Waals surface area (Å²) in [6, 6.07) is 7.11. The number of aliphatic imine (C=N–C) groups is 1. The number of allylic oxidation sites excluding steroid dienone is 2. The number of benzene rings is 2. The fourth-order valence-corrected chi connectivity index (χ4v) is 11.2. The van der Waals surface area contributed by atoms with Crippen molar-refractivity contribution >= 4 is 62.1 Å². The van der Waals surface area contributed by atoms with Crippen LogP contribution >= 0.6 is 11.6 Å². The number of nitrogens with zero attached hydrogens (tertiary/aromatic N) is 4. The van der Waals surface area contributed by atoms with Gasteiger partial charge in [-0.2, -0.15) is 13.5 Å². The molecule has 10 nitrogen and oxygen atoms in total. The van der Waals surface area contributed by atoms with Crippen molar-refractivity contribution in [2.24, 2.45) is 16.6 Å². The second-order valence-corrected chi connectivity index (χ2v) is 21.6. The predicted molar refractivity (Wildman–Crippen MR) is 239 cm³/mol. The van der Waals surface area contributed by atoms with Gasteiger partial charge in [0.1, 0.15) is 40.9 Å². The number of carbonyl (C=O) groups is 1. The Bertz CT molecular complexity index is 2680. The minimum Gasteiger partial charge on any atom is -0.593 e. The molecule has 4 atom stereocenters. The monoisotopic (exact) mass is 983 g/mol. The predicted octanol–water partition coefficient (Wildman–Crippen LogP) is 9.35. The van der Waals surface area contributed by atoms with Crippen molar-refractivity contribution in [3.05, 3.63) is 87.3 Å². The summed E-state index contributed by atoms with van der Waals surface area (Å²) in [4.78, 5) is 22.5. The first-order valence-electron chi connectivity index (χ1n) is 21.1. The van der Waals surface area contributed by atoms with Gasteiger partial charge in [-0.25, -0.2) is 31.3 Å². The molecule has 21 heteroatoms. The summed E-state index contributed by atoms with van der Waals surface area (Å²) in [7, 11) is -1.34. The van der Waals surface area contributed by atoms with E-state index in [4.69, 9.17) is 22.3 Å². The first-order chi connectivity index (χ1) is 31.0. The van der Waals surface area contributed by atoms with Gasteiger partial charge in [-0.3, -0.25) is 18.7 Å². The van der Waals surface area contributed by atoms with Gasteiger partial charge in [0, 0.05) is 58.1 Å². The number of pyridine rings is 1. The van der Waals surface area contributed by atoms with E-state index >= 15 is 8.78 Å². The normalized spacial score (nSPS) is 20.6. The maximum absolute atomic E-state index is 15.2. The van der Waals surface area contributed by atoms with E-state index in [0.29, 0.717) is 25.3 Å². The molecule has 2 heterocycles. The van der Waals surface area contributed by atoms with Gasteiger partial charge in [0.25, 0.3) is 18.8 Å². The van der Waals surface area contributed by atoms with Gasteiger partial charge >= 0.3 is 0 Å². The van der Waals surface area contributed by atoms with Crippen LogP contribution in [0.4, 0.5) is 40.9 Å². The lowest BCUT2D eigenvalue weighted by atomic mass is 9.93. The lowest BCUT2D eigenvalue weighted by Crippen LogP contribution is -2.34. The number of alkyl halides is 6. The summed E-state index contributed by atoms with van der Waals surface area (Å²) in [5.41, 5.74) is 3.10. The standard InChI is InChI=1S/C45H46ClF8N7O3S2/c1-5-44(14-15-44)66(64)60-42-36-31(46)11-10-30(39(36)61(59-42)22-33(49)50)29-9-6-27(12-13-43(3,4)65(63)28-7-8-28)57-38(29)32(18-24-16-25(47)19-26(48)17-24)58-34(62)21-56-40-35(37(55)41(51)52)23(2)20-45(40,53)54/h6,9-11,16-17,19,23,28,32-33,41H,5,7-8,14-15,18,20-22,55H2,1-4H3,(H,58,62)(H,59,60)/t23-,32?,65?,66?/m0/s1. The smallest absolute Gasteiger partial charge is 0.290 e. The Morgan fingerprint density at radius 2 is 1.77 bits per heavy atom. The van der Waals surface area contributed by atoms with Crippen molar-refractivity contribution in [2.45, 2.75) is 119 Å². The summed E-state index contributed by atoms with van der Waals surface area (Å²) < 4.78 is 145. The molecule has 3 aliphatic rings. The van der Waals surface area contributed by atoms with Gasteiger partial charge in [0.15, 0.2) is 4.75 Å². The molecule has 66 heavy (non-hydrogen) atoms. The van der Waals surface area contributed by atoms with E-state index in [9.17, 15) is 39.9 Å². The molecule has 4 aromatic rings. The van der Waals surface area contributed by atoms with Crippen molar-refractivity contribution in [1.82, 2.24) is 20.1 Å². The Kier molecular flexibility index (Phi) is 14.3. The van der Waals surface area contributed by atoms with E-state index in [2.05, 4.69) is 32.0 Å². The first kappa shape index (κ1) is 49.2. The van der Waals surface area contributed by atoms with Gasteiger partial charge in [0.2, 0.25) is 11.7 Å². The van der Waals surface area contributed by atoms with E-state index in [1.165, 1.54) is 31.2 Å². The average molecular weight is 984 g/mol. The number of hydrogen-bond acceptors (Lipinski definition) is 8. The highest BCUT2D eigenvalue weighted by Gasteiger charge is 2.54. The number of halogens is 9. The summed E-state index contributed by atoms with van der Waals surface area (Å²) >= 11 is 5.07. The van der Waals surface area contributed by atoms with Gasteiger partial charge in [0.05, 0.1) is 44.7 Å². The molecule has 0 saturated heterocycles. The molecule has 2 aromatic heterocycles. The van der Waals surface area contributed by atoms with Crippen LogP contribution in [0.25, 0.3) is 22.0 Å². The maximum Gasteiger partial charge on any atom is 0.290 e. The zero-order valence-corrected chi connectivity index (χ0v) is 38.5. The van der Waals surface area contributed by atoms with Crippen LogP contribution in [-0.4, -0.2) is 75.2 Å². The lowest BCUT2D eigenvalue weighted by Gasteiger charge is -2.23. The average Bonchev–Trinajstić information content (AvgIpc) is 4.17. The Morgan fingerprint density at radius 1 is 1.11 bits per heavy atom. The van der Waals surface area contributed by atoms with E-state index in [-0.39, 0.29) is 55.1 Å². The van der Waals surface area contributed by atoms with Crippen LogP contribution in [0.2, 0.25) is 5.02 Å². The fourth-order valence-electron chi connectivity index (χ4n) is 8.16. The number of rotatable bonds is 16. The largest absolute Gasteiger partial charge is 0.593 e. The number of carbonyl (C=O) groups excluding carboxylic acids is 1. The fraction of sp³-hybridized carbons (Fsp3) is 0.467. The molecule has 3 aliphatic carbocycles. The molecule has 7 rings (SSSR count). The highest BCUT2D eigenvalue weighted by Crippen LogP contribution is 2.48. The summed E-state index contributed by atoms with van der Waals surface area (Å²) in [6.07, 6.45) is -4.09. The molecule has 1 amide bonds. The van der Waals surface area contributed by atoms with Gasteiger partial charge in [-0.1, -0.05) is 37.4 Å². The summed E-state index contributed by atoms with van der Waals surface area (Å²) in [5.74, 6) is -1.94. The van der Waals surface area contributed by atoms with Gasteiger partial charge in [-0.15, -0.1) is 5.10 Å². The van der Waals surface area contributed by atoms with Gasteiger partial charge < -0.3 is 15.6 Å². The van der Waals surface area contributed by atoms with Crippen LogP contribution in [0.3, 0.4) is 0 Å². The lowest BCUT2D eigenvalue weighted by molar-refractivity contribution is -0.120. The highest BCUT2D eigenvalue weighted by molar-refractivity contribution is 7.94. The number of fused-ring (bicyclic) bond motifs is 1. The third-order valence-corrected chi connectivity index (χ3v) is 16.2. The second kappa shape index (κ2) is 19.1. The van der Waals surface area contributed by atoms with Crippen LogP contribution in [0.5, 0.6) is 0 Å². The molecule has 0 spiro atoms. The zero-order valence-electron chi connectivity index (χ0n) is 36.1. The zero-order chi connectivity index (χ0) is 48.0. The van der Waals surface area contributed by atoms with E-state index in [1.54, 1.807) is 13.8 Å². The van der Waals surface area contributed by atoms with Crippen molar-refractivity contribution < 1.29 is 48.7 Å². The van der Waals surface area contributed by atoms with E-state index < -0.39 is 123 Å². The molecule has 0 bridgehead atoms. The minimum atomic E-state index is -3.72. The van der Waals surface area contributed by atoms with Crippen LogP contribution in [-0.2, 0) is 39.9 Å². The Morgan fingerprint density at radius 3 is 2.38 bits per heavy atom. The van der Waals surface area contributed by atoms with Crippen LogP contribution in [0, 0.1) is 29.4 Å². The molecular formula is C45H46ClF8N7O3S2. The molecule has 0 radical (unpaired) electrons. The van der Waals surface area contributed by atoms with Crippen LogP contribution in [0.15, 0.2) is 58.7 Å². The minimum absolute atomic E-state index is 0.0108. The Balaban J connectivity index is 1.41. The molecule has 354 valence electrons. The number of hydrogen-bond donors (Lipinski definition) is 3. The van der Waals surface area contributed by atoms with Crippen molar-refractivity contribution in [1.29, 1.82) is 0 Å². The number of anilines is 1. The Labute approximate surface area is 386 Å². The number of nitrogens with two attached hydrogens (primary N) is 1. The quantitative estimate of drug-likeness (QED) is 0.0576. The van der Waals surface area contributed by atoms with E-state index in [0.717, 1.165) is 29.7 Å². The highest BCUT2D eigenvalue weighted by atomic mass is 35.5. The third kappa shape index (κ3) is 10.5. The van der Waals surface area contributed by atoms with E-state index in [1.807, 2.05) is 6.92 Å². The van der Waals surface area contributed by atoms with Crippen LogP contribution < -0.4 is 15.8 Å². The molecule has 2 aromatic carbocycles. The number of aromatic nitrogens is 3. The molecule has 4 N–H and O–H groups in total. The third-order valence-electron chi connectivity index (χ3n) is 11.8. The van der Waals surface area contributed by atoms with Crippen molar-refractivity contribution in [3.8, 4) is 23.0 Å². The number of amides is 1. The van der Waals surface area contributed by atoms with Gasteiger partial charge in [-0.05, 0) is 87.3 Å². The molecule has 0 aliphatic heterocycles. The summed E-state index contributed by atoms with van der Waals surface area (Å²) in [5, 5.41) is 7.21. The molecule has 3 saturated carbocycles. The molecular weight excluding hydrogens is 938 g/mol. The second-order valence-electron chi connectivity index (χ2n) is 17.3. The number of nitrogens with one attached hydrogen (secondary N) is 2. The maximum atomic E-state index is 15.2. The molecule has 3 unspecified atom stereocenters. The topological polar surface area (TPSA) is 150 Å². The van der Waals surface area contributed by atoms with Crippen molar-refractivity contribution in [3.63, 3.8) is 0 Å².